The van der Waals surface area contributed by atoms with Gasteiger partial charge in [-0.2, -0.15) is 0 Å². The van der Waals surface area contributed by atoms with Crippen molar-refractivity contribution in [2.45, 2.75) is 6.92 Å². The summed E-state index contributed by atoms with van der Waals surface area (Å²) in [5, 5.41) is 5.30. The number of hydrogen-bond acceptors (Lipinski definition) is 3. The lowest BCUT2D eigenvalue weighted by Crippen LogP contribution is -2.12. The van der Waals surface area contributed by atoms with Crippen molar-refractivity contribution in [1.82, 2.24) is 0 Å². The molecule has 0 saturated carbocycles. The molecule has 0 aliphatic carbocycles. The summed E-state index contributed by atoms with van der Waals surface area (Å²) in [6, 6.07) is 9.87. The van der Waals surface area contributed by atoms with Crippen LogP contribution in [-0.2, 0) is 4.79 Å². The van der Waals surface area contributed by atoms with Gasteiger partial charge in [0.25, 0.3) is 5.91 Å². The van der Waals surface area contributed by atoms with Gasteiger partial charge in [-0.15, -0.1) is 11.3 Å². The van der Waals surface area contributed by atoms with Crippen LogP contribution < -0.4 is 10.6 Å². The monoisotopic (exact) mass is 346 g/mol. The predicted molar refractivity (Wildman–Crippen MR) is 90.4 cm³/mol. The summed E-state index contributed by atoms with van der Waals surface area (Å²) < 4.78 is 28.2. The van der Waals surface area contributed by atoms with Crippen molar-refractivity contribution in [2.75, 3.05) is 10.6 Å². The molecule has 7 heteroatoms. The van der Waals surface area contributed by atoms with Crippen LogP contribution in [0, 0.1) is 11.6 Å². The number of carbonyl (C=O) groups excluding carboxylic acids is 2. The zero-order chi connectivity index (χ0) is 17.3. The van der Waals surface area contributed by atoms with Crippen LogP contribution in [0.25, 0.3) is 10.1 Å². The maximum absolute atomic E-state index is 13.9. The van der Waals surface area contributed by atoms with Gasteiger partial charge in [-0.1, -0.05) is 6.07 Å². The zero-order valence-corrected chi connectivity index (χ0v) is 13.3. The second-order valence-corrected chi connectivity index (χ2v) is 6.18. The number of hydrogen-bond donors (Lipinski definition) is 2. The highest BCUT2D eigenvalue weighted by molar-refractivity contribution is 7.20. The molecule has 0 saturated heterocycles. The highest BCUT2D eigenvalue weighted by Gasteiger charge is 2.15. The summed E-state index contributed by atoms with van der Waals surface area (Å²) >= 11 is 1.12. The van der Waals surface area contributed by atoms with Crippen LogP contribution >= 0.6 is 11.3 Å². The van der Waals surface area contributed by atoms with Gasteiger partial charge in [-0.05, 0) is 36.4 Å². The van der Waals surface area contributed by atoms with Crippen molar-refractivity contribution in [1.29, 1.82) is 0 Å². The molecular formula is C17H12F2N2O2S. The molecule has 0 fully saturated rings. The Balaban J connectivity index is 1.88. The number of amides is 2. The van der Waals surface area contributed by atoms with Crippen molar-refractivity contribution in [3.8, 4) is 0 Å². The first-order chi connectivity index (χ1) is 11.4. The summed E-state index contributed by atoms with van der Waals surface area (Å²) in [4.78, 5) is 23.6. The fraction of sp³-hybridized carbons (Fsp3) is 0.0588. The zero-order valence-electron chi connectivity index (χ0n) is 12.5. The van der Waals surface area contributed by atoms with Gasteiger partial charge in [-0.25, -0.2) is 8.78 Å². The molecule has 0 radical (unpaired) electrons. The number of carbonyl (C=O) groups is 2. The van der Waals surface area contributed by atoms with Crippen LogP contribution in [0.4, 0.5) is 20.2 Å². The minimum Gasteiger partial charge on any atom is -0.326 e. The van der Waals surface area contributed by atoms with Gasteiger partial charge in [0.05, 0.1) is 10.6 Å². The number of nitrogens with one attached hydrogen (secondary N) is 2. The first kappa shape index (κ1) is 16.1. The first-order valence-electron chi connectivity index (χ1n) is 7.00. The fourth-order valence-corrected chi connectivity index (χ4v) is 3.19. The Labute approximate surface area is 140 Å². The topological polar surface area (TPSA) is 58.2 Å². The van der Waals surface area contributed by atoms with Crippen LogP contribution in [0.5, 0.6) is 0 Å². The van der Waals surface area contributed by atoms with Crippen molar-refractivity contribution < 1.29 is 18.4 Å². The Kier molecular flexibility index (Phi) is 4.26. The molecule has 24 heavy (non-hydrogen) atoms. The molecule has 0 aliphatic rings. The van der Waals surface area contributed by atoms with Crippen molar-refractivity contribution >= 4 is 44.6 Å². The number of anilines is 2. The largest absolute Gasteiger partial charge is 0.326 e. The molecule has 2 aromatic carbocycles. The minimum atomic E-state index is -0.634. The molecule has 0 spiro atoms. The van der Waals surface area contributed by atoms with Gasteiger partial charge in [0, 0.05) is 22.7 Å². The maximum Gasteiger partial charge on any atom is 0.265 e. The van der Waals surface area contributed by atoms with Gasteiger partial charge >= 0.3 is 0 Å². The summed E-state index contributed by atoms with van der Waals surface area (Å²) in [6.45, 7) is 1.33. The molecular weight excluding hydrogens is 334 g/mol. The van der Waals surface area contributed by atoms with Crippen LogP contribution in [0.3, 0.4) is 0 Å². The second kappa shape index (κ2) is 6.37. The molecule has 3 aromatic rings. The van der Waals surface area contributed by atoms with E-state index in [0.717, 1.165) is 17.4 Å². The number of halogens is 2. The molecule has 0 bridgehead atoms. The van der Waals surface area contributed by atoms with Crippen LogP contribution in [0.2, 0.25) is 0 Å². The van der Waals surface area contributed by atoms with E-state index in [1.807, 2.05) is 0 Å². The van der Waals surface area contributed by atoms with Gasteiger partial charge in [-0.3, -0.25) is 9.59 Å². The molecule has 2 amide bonds. The van der Waals surface area contributed by atoms with Gasteiger partial charge < -0.3 is 10.6 Å². The number of rotatable bonds is 3. The molecule has 0 aliphatic heterocycles. The Morgan fingerprint density at radius 2 is 1.79 bits per heavy atom. The van der Waals surface area contributed by atoms with E-state index in [1.54, 1.807) is 12.1 Å². The molecule has 0 unspecified atom stereocenters. The third-order valence-electron chi connectivity index (χ3n) is 3.27. The average molecular weight is 346 g/mol. The van der Waals surface area contributed by atoms with Gasteiger partial charge in [0.2, 0.25) is 5.91 Å². The van der Waals surface area contributed by atoms with E-state index in [1.165, 1.54) is 31.2 Å². The predicted octanol–water partition coefficient (Wildman–Crippen LogP) is 4.39. The first-order valence-corrected chi connectivity index (χ1v) is 7.82. The van der Waals surface area contributed by atoms with E-state index >= 15 is 0 Å². The number of thiophene rings is 1. The van der Waals surface area contributed by atoms with Crippen LogP contribution in [0.15, 0.2) is 42.5 Å². The van der Waals surface area contributed by atoms with E-state index in [2.05, 4.69) is 10.6 Å². The van der Waals surface area contributed by atoms with Gasteiger partial charge in [0.1, 0.15) is 11.6 Å². The SMILES string of the molecule is CC(=O)Nc1ccc(F)c(NC(=O)c2cc3c(F)cccc3s2)c1. The lowest BCUT2D eigenvalue weighted by Gasteiger charge is -2.08. The minimum absolute atomic E-state index is 0.0656. The molecule has 2 N–H and O–H groups in total. The van der Waals surface area contributed by atoms with E-state index in [4.69, 9.17) is 0 Å². The highest BCUT2D eigenvalue weighted by atomic mass is 32.1. The highest BCUT2D eigenvalue weighted by Crippen LogP contribution is 2.29. The summed E-state index contributed by atoms with van der Waals surface area (Å²) in [5.41, 5.74) is 0.297. The molecule has 1 heterocycles. The Hall–Kier alpha value is -2.80. The average Bonchev–Trinajstić information content (AvgIpc) is 2.96. The van der Waals surface area contributed by atoms with Crippen molar-refractivity contribution in [3.05, 3.63) is 59.0 Å². The van der Waals surface area contributed by atoms with Crippen LogP contribution in [-0.4, -0.2) is 11.8 Å². The van der Waals surface area contributed by atoms with E-state index in [0.29, 0.717) is 15.8 Å². The molecule has 0 atom stereocenters. The van der Waals surface area contributed by atoms with E-state index < -0.39 is 17.5 Å². The smallest absolute Gasteiger partial charge is 0.265 e. The lowest BCUT2D eigenvalue weighted by atomic mass is 10.2. The molecule has 4 nitrogen and oxygen atoms in total. The molecule has 1 aromatic heterocycles. The lowest BCUT2D eigenvalue weighted by molar-refractivity contribution is -0.114. The Morgan fingerprint density at radius 3 is 2.50 bits per heavy atom. The third-order valence-corrected chi connectivity index (χ3v) is 4.37. The Bertz CT molecular complexity index is 953. The van der Waals surface area contributed by atoms with Crippen molar-refractivity contribution in [3.63, 3.8) is 0 Å². The maximum atomic E-state index is 13.9. The van der Waals surface area contributed by atoms with Crippen molar-refractivity contribution in [2.24, 2.45) is 0 Å². The van der Waals surface area contributed by atoms with Gasteiger partial charge in [0.15, 0.2) is 0 Å². The third kappa shape index (κ3) is 3.26. The summed E-state index contributed by atoms with van der Waals surface area (Å²) in [5.74, 6) is -1.90. The van der Waals surface area contributed by atoms with E-state index in [9.17, 15) is 18.4 Å². The standard InChI is InChI=1S/C17H12F2N2O2S/c1-9(22)20-10-5-6-13(19)14(7-10)21-17(23)16-8-11-12(18)3-2-4-15(11)24-16/h2-8H,1H3,(H,20,22)(H,21,23). The quantitative estimate of drug-likeness (QED) is 0.739. The summed E-state index contributed by atoms with van der Waals surface area (Å²) in [7, 11) is 0. The number of fused-ring (bicyclic) bond motifs is 1. The Morgan fingerprint density at radius 1 is 1.00 bits per heavy atom. The number of benzene rings is 2. The summed E-state index contributed by atoms with van der Waals surface area (Å²) in [6.07, 6.45) is 0. The molecule has 122 valence electrons. The molecule has 3 rings (SSSR count). The normalized spacial score (nSPS) is 10.6. The van der Waals surface area contributed by atoms with Crippen LogP contribution in [0.1, 0.15) is 16.6 Å². The second-order valence-electron chi connectivity index (χ2n) is 5.09. The van der Waals surface area contributed by atoms with E-state index in [-0.39, 0.29) is 16.5 Å². The fourth-order valence-electron chi connectivity index (χ4n) is 2.22.